The molecule has 0 aliphatic carbocycles. The van der Waals surface area contributed by atoms with E-state index in [9.17, 15) is 4.79 Å². The lowest BCUT2D eigenvalue weighted by atomic mass is 10.1. The molecule has 0 aliphatic heterocycles. The maximum Gasteiger partial charge on any atom is 0.309 e. The van der Waals surface area contributed by atoms with Gasteiger partial charge in [-0.2, -0.15) is 0 Å². The van der Waals surface area contributed by atoms with E-state index < -0.39 is 5.97 Å². The molecule has 1 aromatic heterocycles. The molecular formula is C17H18NO3+. The van der Waals surface area contributed by atoms with Crippen molar-refractivity contribution in [2.24, 2.45) is 0 Å². The molecule has 1 heterocycles. The van der Waals surface area contributed by atoms with Gasteiger partial charge in [0, 0.05) is 12.1 Å². The zero-order valence-corrected chi connectivity index (χ0v) is 11.9. The van der Waals surface area contributed by atoms with Gasteiger partial charge in [0.2, 0.25) is 0 Å². The molecule has 108 valence electrons. The van der Waals surface area contributed by atoms with Gasteiger partial charge >= 0.3 is 5.97 Å². The summed E-state index contributed by atoms with van der Waals surface area (Å²) in [5.74, 6) is 0.0531. The third-order valence-electron chi connectivity index (χ3n) is 3.08. The highest BCUT2D eigenvalue weighted by Gasteiger charge is 2.03. The number of carbonyl (C=O) groups is 1. The first kappa shape index (κ1) is 14.8. The van der Waals surface area contributed by atoms with E-state index in [4.69, 9.17) is 9.84 Å². The number of ether oxygens (including phenoxy) is 1. The van der Waals surface area contributed by atoms with Gasteiger partial charge in [0.05, 0.1) is 7.11 Å². The Bertz CT molecular complexity index is 615. The summed E-state index contributed by atoms with van der Waals surface area (Å²) in [6.45, 7) is 0.484. The first-order valence-electron chi connectivity index (χ1n) is 6.70. The van der Waals surface area contributed by atoms with Gasteiger partial charge in [0.15, 0.2) is 18.9 Å². The Labute approximate surface area is 123 Å². The van der Waals surface area contributed by atoms with E-state index in [1.54, 1.807) is 7.11 Å². The van der Waals surface area contributed by atoms with Crippen molar-refractivity contribution in [3.63, 3.8) is 0 Å². The SMILES string of the molecule is COc1ccc(/C=C\c2cc[n+](CCC(=O)O)cc2)cc1. The Morgan fingerprint density at radius 2 is 1.67 bits per heavy atom. The van der Waals surface area contributed by atoms with Crippen molar-refractivity contribution in [2.45, 2.75) is 13.0 Å². The Balaban J connectivity index is 1.98. The van der Waals surface area contributed by atoms with Gasteiger partial charge in [-0.15, -0.1) is 0 Å². The topological polar surface area (TPSA) is 50.4 Å². The quantitative estimate of drug-likeness (QED) is 0.830. The van der Waals surface area contributed by atoms with Gasteiger partial charge in [-0.25, -0.2) is 4.57 Å². The van der Waals surface area contributed by atoms with E-state index in [1.165, 1.54) is 0 Å². The van der Waals surface area contributed by atoms with E-state index in [1.807, 2.05) is 65.5 Å². The summed E-state index contributed by atoms with van der Waals surface area (Å²) in [6.07, 6.45) is 7.94. The lowest BCUT2D eigenvalue weighted by Crippen LogP contribution is -2.33. The van der Waals surface area contributed by atoms with Crippen LogP contribution in [0.1, 0.15) is 17.5 Å². The number of aliphatic carboxylic acids is 1. The van der Waals surface area contributed by atoms with Crippen LogP contribution in [0.15, 0.2) is 48.8 Å². The van der Waals surface area contributed by atoms with Crippen molar-refractivity contribution in [1.29, 1.82) is 0 Å². The van der Waals surface area contributed by atoms with E-state index in [-0.39, 0.29) is 6.42 Å². The Morgan fingerprint density at radius 3 is 2.19 bits per heavy atom. The van der Waals surface area contributed by atoms with Crippen molar-refractivity contribution in [2.75, 3.05) is 7.11 Å². The molecule has 0 saturated heterocycles. The van der Waals surface area contributed by atoms with Crippen LogP contribution in [0.5, 0.6) is 5.75 Å². The van der Waals surface area contributed by atoms with Crippen LogP contribution in [0, 0.1) is 0 Å². The molecule has 0 fully saturated rings. The minimum atomic E-state index is -0.786. The fourth-order valence-corrected chi connectivity index (χ4v) is 1.86. The number of hydrogen-bond acceptors (Lipinski definition) is 2. The number of carboxylic acid groups (broad SMARTS) is 1. The summed E-state index contributed by atoms with van der Waals surface area (Å²) in [5, 5.41) is 8.64. The number of pyridine rings is 1. The molecule has 1 aromatic carbocycles. The molecule has 0 saturated carbocycles. The monoisotopic (exact) mass is 284 g/mol. The highest BCUT2D eigenvalue weighted by molar-refractivity contribution is 5.69. The van der Waals surface area contributed by atoms with Gasteiger partial charge in [-0.05, 0) is 23.3 Å². The lowest BCUT2D eigenvalue weighted by Gasteiger charge is -1.99. The van der Waals surface area contributed by atoms with Crippen LogP contribution in [0.2, 0.25) is 0 Å². The first-order valence-corrected chi connectivity index (χ1v) is 6.70. The van der Waals surface area contributed by atoms with Crippen LogP contribution in [0.4, 0.5) is 0 Å². The van der Waals surface area contributed by atoms with Crippen molar-refractivity contribution in [1.82, 2.24) is 0 Å². The van der Waals surface area contributed by atoms with Gasteiger partial charge in [0.1, 0.15) is 12.2 Å². The largest absolute Gasteiger partial charge is 0.497 e. The molecule has 0 spiro atoms. The van der Waals surface area contributed by atoms with Crippen molar-refractivity contribution >= 4 is 18.1 Å². The minimum absolute atomic E-state index is 0.131. The summed E-state index contributed by atoms with van der Waals surface area (Å²) in [4.78, 5) is 10.5. The molecule has 2 rings (SSSR count). The summed E-state index contributed by atoms with van der Waals surface area (Å²) < 4.78 is 6.98. The summed E-state index contributed by atoms with van der Waals surface area (Å²) in [5.41, 5.74) is 2.16. The lowest BCUT2D eigenvalue weighted by molar-refractivity contribution is -0.696. The van der Waals surface area contributed by atoms with Crippen molar-refractivity contribution < 1.29 is 19.2 Å². The molecule has 0 bridgehead atoms. The molecule has 0 unspecified atom stereocenters. The maximum absolute atomic E-state index is 10.5. The van der Waals surface area contributed by atoms with Crippen LogP contribution in [0.3, 0.4) is 0 Å². The summed E-state index contributed by atoms with van der Waals surface area (Å²) >= 11 is 0. The number of carboxylic acids is 1. The Kier molecular flexibility index (Phi) is 5.10. The fraction of sp³-hybridized carbons (Fsp3) is 0.176. The fourth-order valence-electron chi connectivity index (χ4n) is 1.86. The molecule has 0 atom stereocenters. The number of hydrogen-bond donors (Lipinski definition) is 1. The van der Waals surface area contributed by atoms with Gasteiger partial charge < -0.3 is 9.84 Å². The molecular weight excluding hydrogens is 266 g/mol. The van der Waals surface area contributed by atoms with Crippen LogP contribution in [0.25, 0.3) is 12.2 Å². The van der Waals surface area contributed by atoms with E-state index >= 15 is 0 Å². The van der Waals surface area contributed by atoms with Gasteiger partial charge in [-0.1, -0.05) is 24.3 Å². The third-order valence-corrected chi connectivity index (χ3v) is 3.08. The molecule has 2 aromatic rings. The van der Waals surface area contributed by atoms with Crippen molar-refractivity contribution in [3.05, 3.63) is 59.9 Å². The van der Waals surface area contributed by atoms with E-state index in [0.29, 0.717) is 6.54 Å². The number of nitrogens with zero attached hydrogens (tertiary/aromatic N) is 1. The highest BCUT2D eigenvalue weighted by Crippen LogP contribution is 2.13. The molecule has 0 aliphatic rings. The average Bonchev–Trinajstić information content (AvgIpc) is 2.52. The first-order chi connectivity index (χ1) is 10.2. The Hall–Kier alpha value is -2.62. The number of methoxy groups -OCH3 is 1. The average molecular weight is 284 g/mol. The standard InChI is InChI=1S/C17H17NO3/c1-21-16-6-4-14(5-7-16)2-3-15-8-11-18(12-9-15)13-10-17(19)20/h2-9,11-12H,10,13H2,1H3/p+1/b3-2-. The number of aromatic nitrogens is 1. The maximum atomic E-state index is 10.5. The zero-order valence-electron chi connectivity index (χ0n) is 11.9. The van der Waals surface area contributed by atoms with Crippen LogP contribution >= 0.6 is 0 Å². The molecule has 4 heteroatoms. The molecule has 4 nitrogen and oxygen atoms in total. The normalized spacial score (nSPS) is 10.7. The third kappa shape index (κ3) is 4.76. The van der Waals surface area contributed by atoms with E-state index in [2.05, 4.69) is 0 Å². The smallest absolute Gasteiger partial charge is 0.309 e. The second-order valence-corrected chi connectivity index (χ2v) is 4.62. The number of benzene rings is 1. The highest BCUT2D eigenvalue weighted by atomic mass is 16.5. The molecule has 0 radical (unpaired) electrons. The van der Waals surface area contributed by atoms with Gasteiger partial charge in [0.25, 0.3) is 0 Å². The van der Waals surface area contributed by atoms with Gasteiger partial charge in [-0.3, -0.25) is 4.79 Å². The van der Waals surface area contributed by atoms with Crippen molar-refractivity contribution in [3.8, 4) is 5.75 Å². The van der Waals surface area contributed by atoms with E-state index in [0.717, 1.165) is 16.9 Å². The van der Waals surface area contributed by atoms with Crippen LogP contribution < -0.4 is 9.30 Å². The molecule has 0 amide bonds. The van der Waals surface area contributed by atoms with Crippen LogP contribution in [-0.4, -0.2) is 18.2 Å². The second kappa shape index (κ2) is 7.24. The molecule has 1 N–H and O–H groups in total. The second-order valence-electron chi connectivity index (χ2n) is 4.62. The summed E-state index contributed by atoms with van der Waals surface area (Å²) in [7, 11) is 1.65. The van der Waals surface area contributed by atoms with Crippen LogP contribution in [-0.2, 0) is 11.3 Å². The predicted octanol–water partition coefficient (Wildman–Crippen LogP) is 2.63. The number of rotatable bonds is 6. The Morgan fingerprint density at radius 1 is 1.10 bits per heavy atom. The zero-order chi connectivity index (χ0) is 15.1. The molecule has 21 heavy (non-hydrogen) atoms. The number of aryl methyl sites for hydroxylation is 1. The summed E-state index contributed by atoms with van der Waals surface area (Å²) in [6, 6.07) is 11.7. The predicted molar refractivity (Wildman–Crippen MR) is 80.8 cm³/mol. The minimum Gasteiger partial charge on any atom is -0.497 e.